The molecule has 1 N–H and O–H groups in total. The molecule has 1 aliphatic heterocycles. The van der Waals surface area contributed by atoms with E-state index in [4.69, 9.17) is 0 Å². The minimum absolute atomic E-state index is 0.0120. The Morgan fingerprint density at radius 1 is 1.24 bits per heavy atom. The molecule has 0 saturated carbocycles. The lowest BCUT2D eigenvalue weighted by molar-refractivity contribution is -0.150. The Kier molecular flexibility index (Phi) is 4.35. The Balaban J connectivity index is 2.29. The number of nitrogens with one attached hydrogen (secondary N) is 1. The lowest BCUT2D eigenvalue weighted by Crippen LogP contribution is -2.63. The average molecular weight is 288 g/mol. The van der Waals surface area contributed by atoms with Gasteiger partial charge in [0.25, 0.3) is 0 Å². The van der Waals surface area contributed by atoms with Crippen LogP contribution in [0.3, 0.4) is 0 Å². The van der Waals surface area contributed by atoms with Crippen LogP contribution < -0.4 is 5.32 Å². The molecule has 1 heterocycles. The normalized spacial score (nSPS) is 22.7. The second-order valence-corrected chi connectivity index (χ2v) is 6.30. The molecule has 21 heavy (non-hydrogen) atoms. The fourth-order valence-electron chi connectivity index (χ4n) is 2.67. The third-order valence-corrected chi connectivity index (χ3v) is 4.21. The molecule has 0 bridgehead atoms. The van der Waals surface area contributed by atoms with E-state index < -0.39 is 12.1 Å². The van der Waals surface area contributed by atoms with Gasteiger partial charge in [0, 0.05) is 6.54 Å². The Hall–Kier alpha value is -1.84. The number of hydrogen-bond acceptors (Lipinski definition) is 2. The standard InChI is InChI=1S/C17H24N2O2/c1-10(2)15-17(21)19(13(5)16(20)18-15)9-14-8-11(3)6-7-12(14)4/h6-8,10,13,15H,9H2,1-5H3,(H,18,20). The molecule has 1 aliphatic rings. The maximum Gasteiger partial charge on any atom is 0.246 e. The van der Waals surface area contributed by atoms with Crippen molar-refractivity contribution in [3.63, 3.8) is 0 Å². The van der Waals surface area contributed by atoms with Crippen molar-refractivity contribution in [3.05, 3.63) is 34.9 Å². The molecule has 1 fully saturated rings. The second kappa shape index (κ2) is 5.88. The minimum Gasteiger partial charge on any atom is -0.342 e. The van der Waals surface area contributed by atoms with Gasteiger partial charge in [-0.1, -0.05) is 37.6 Å². The number of carbonyl (C=O) groups excluding carboxylic acids is 2. The number of hydrogen-bond donors (Lipinski definition) is 1. The van der Waals surface area contributed by atoms with Crippen LogP contribution in [0.4, 0.5) is 0 Å². The van der Waals surface area contributed by atoms with Crippen molar-refractivity contribution in [1.29, 1.82) is 0 Å². The number of amides is 2. The van der Waals surface area contributed by atoms with Crippen molar-refractivity contribution in [2.75, 3.05) is 0 Å². The summed E-state index contributed by atoms with van der Waals surface area (Å²) in [6.07, 6.45) is 0. The van der Waals surface area contributed by atoms with E-state index in [0.29, 0.717) is 6.54 Å². The van der Waals surface area contributed by atoms with E-state index in [1.807, 2.05) is 27.7 Å². The van der Waals surface area contributed by atoms with Gasteiger partial charge in [-0.25, -0.2) is 0 Å². The fraction of sp³-hybridized carbons (Fsp3) is 0.529. The Labute approximate surface area is 126 Å². The number of aryl methyl sites for hydroxylation is 2. The number of benzene rings is 1. The van der Waals surface area contributed by atoms with Crippen LogP contribution in [0.25, 0.3) is 0 Å². The summed E-state index contributed by atoms with van der Waals surface area (Å²) in [6, 6.07) is 5.37. The summed E-state index contributed by atoms with van der Waals surface area (Å²) in [5, 5.41) is 2.83. The fourth-order valence-corrected chi connectivity index (χ4v) is 2.67. The van der Waals surface area contributed by atoms with E-state index in [9.17, 15) is 9.59 Å². The van der Waals surface area contributed by atoms with Crippen LogP contribution in [-0.4, -0.2) is 28.8 Å². The van der Waals surface area contributed by atoms with Crippen molar-refractivity contribution in [2.24, 2.45) is 5.92 Å². The maximum atomic E-state index is 12.6. The van der Waals surface area contributed by atoms with Crippen LogP contribution >= 0.6 is 0 Å². The summed E-state index contributed by atoms with van der Waals surface area (Å²) in [6.45, 7) is 10.3. The third-order valence-electron chi connectivity index (χ3n) is 4.21. The largest absolute Gasteiger partial charge is 0.342 e. The number of nitrogens with zero attached hydrogens (tertiary/aromatic N) is 1. The minimum atomic E-state index is -0.424. The van der Waals surface area contributed by atoms with Crippen LogP contribution in [0.1, 0.15) is 37.5 Å². The molecule has 0 radical (unpaired) electrons. The predicted molar refractivity (Wildman–Crippen MR) is 82.7 cm³/mol. The van der Waals surface area contributed by atoms with Gasteiger partial charge in [-0.3, -0.25) is 9.59 Å². The highest BCUT2D eigenvalue weighted by Crippen LogP contribution is 2.20. The van der Waals surface area contributed by atoms with Crippen molar-refractivity contribution in [2.45, 2.75) is 53.2 Å². The van der Waals surface area contributed by atoms with Gasteiger partial charge in [-0.05, 0) is 37.8 Å². The SMILES string of the molecule is Cc1ccc(C)c(CN2C(=O)C(C(C)C)NC(=O)C2C)c1. The van der Waals surface area contributed by atoms with Gasteiger partial charge in [-0.15, -0.1) is 0 Å². The lowest BCUT2D eigenvalue weighted by atomic mass is 9.97. The maximum absolute atomic E-state index is 12.6. The van der Waals surface area contributed by atoms with Crippen LogP contribution in [0.5, 0.6) is 0 Å². The van der Waals surface area contributed by atoms with Crippen LogP contribution in [0.2, 0.25) is 0 Å². The summed E-state index contributed by atoms with van der Waals surface area (Å²) >= 11 is 0. The zero-order valence-corrected chi connectivity index (χ0v) is 13.4. The Bertz CT molecular complexity index is 566. The smallest absolute Gasteiger partial charge is 0.246 e. The molecule has 1 aromatic rings. The topological polar surface area (TPSA) is 49.4 Å². The molecule has 2 rings (SSSR count). The van der Waals surface area contributed by atoms with E-state index in [-0.39, 0.29) is 17.7 Å². The van der Waals surface area contributed by atoms with Crippen molar-refractivity contribution < 1.29 is 9.59 Å². The molecule has 4 nitrogen and oxygen atoms in total. The molecular formula is C17H24N2O2. The van der Waals surface area contributed by atoms with Gasteiger partial charge in [0.05, 0.1) is 0 Å². The molecule has 0 spiro atoms. The molecule has 2 atom stereocenters. The van der Waals surface area contributed by atoms with Gasteiger partial charge in [-0.2, -0.15) is 0 Å². The Morgan fingerprint density at radius 3 is 2.52 bits per heavy atom. The molecular weight excluding hydrogens is 264 g/mol. The quantitative estimate of drug-likeness (QED) is 0.926. The lowest BCUT2D eigenvalue weighted by Gasteiger charge is -2.39. The summed E-state index contributed by atoms with van der Waals surface area (Å²) in [7, 11) is 0. The first-order valence-electron chi connectivity index (χ1n) is 7.48. The van der Waals surface area contributed by atoms with E-state index >= 15 is 0 Å². The molecule has 1 saturated heterocycles. The van der Waals surface area contributed by atoms with Crippen LogP contribution in [-0.2, 0) is 16.1 Å². The molecule has 114 valence electrons. The Morgan fingerprint density at radius 2 is 1.90 bits per heavy atom. The molecule has 0 aliphatic carbocycles. The number of piperazine rings is 1. The summed E-state index contributed by atoms with van der Waals surface area (Å²) in [4.78, 5) is 26.4. The van der Waals surface area contributed by atoms with Crippen LogP contribution in [0, 0.1) is 19.8 Å². The van der Waals surface area contributed by atoms with Gasteiger partial charge >= 0.3 is 0 Å². The molecule has 0 aromatic heterocycles. The second-order valence-electron chi connectivity index (χ2n) is 6.30. The summed E-state index contributed by atoms with van der Waals surface area (Å²) < 4.78 is 0. The third kappa shape index (κ3) is 3.09. The molecule has 2 amide bonds. The number of rotatable bonds is 3. The van der Waals surface area contributed by atoms with Crippen molar-refractivity contribution in [3.8, 4) is 0 Å². The monoisotopic (exact) mass is 288 g/mol. The highest BCUT2D eigenvalue weighted by molar-refractivity contribution is 5.96. The van der Waals surface area contributed by atoms with Crippen molar-refractivity contribution in [1.82, 2.24) is 10.2 Å². The first kappa shape index (κ1) is 15.5. The first-order valence-corrected chi connectivity index (χ1v) is 7.48. The predicted octanol–water partition coefficient (Wildman–Crippen LogP) is 2.17. The average Bonchev–Trinajstić information content (AvgIpc) is 2.42. The number of carbonyl (C=O) groups is 2. The highest BCUT2D eigenvalue weighted by Gasteiger charge is 2.39. The zero-order chi connectivity index (χ0) is 15.7. The molecule has 1 aromatic carbocycles. The van der Waals surface area contributed by atoms with E-state index in [1.54, 1.807) is 11.8 Å². The summed E-state index contributed by atoms with van der Waals surface area (Å²) in [5.74, 6) is 0.0340. The van der Waals surface area contributed by atoms with E-state index in [1.165, 1.54) is 0 Å². The van der Waals surface area contributed by atoms with E-state index in [0.717, 1.165) is 16.7 Å². The highest BCUT2D eigenvalue weighted by atomic mass is 16.2. The van der Waals surface area contributed by atoms with Gasteiger partial charge in [0.1, 0.15) is 12.1 Å². The van der Waals surface area contributed by atoms with E-state index in [2.05, 4.69) is 23.5 Å². The van der Waals surface area contributed by atoms with Gasteiger partial charge in [0.2, 0.25) is 11.8 Å². The molecule has 2 unspecified atom stereocenters. The van der Waals surface area contributed by atoms with Gasteiger partial charge in [0.15, 0.2) is 0 Å². The first-order chi connectivity index (χ1) is 9.81. The zero-order valence-electron chi connectivity index (χ0n) is 13.4. The van der Waals surface area contributed by atoms with Gasteiger partial charge < -0.3 is 10.2 Å². The summed E-state index contributed by atoms with van der Waals surface area (Å²) in [5.41, 5.74) is 3.41. The molecule has 4 heteroatoms. The van der Waals surface area contributed by atoms with Crippen molar-refractivity contribution >= 4 is 11.8 Å². The van der Waals surface area contributed by atoms with Crippen LogP contribution in [0.15, 0.2) is 18.2 Å².